The molecule has 0 aliphatic carbocycles. The zero-order valence-corrected chi connectivity index (χ0v) is 18.2. The Bertz CT molecular complexity index is 1220. The second-order valence-electron chi connectivity index (χ2n) is 6.87. The standard InChI is InChI=1S/C21H20F3N3O4S/c1-4-27-18(20(28)25-16-7-5-6-15(11-16)21(22,23)24)12-17(26-32(27,29)30)14-9-8-13(2)19(10-14)31-3/h5-12H,4H2,1-3H3,(H,25,28). The Morgan fingerprint density at radius 2 is 1.91 bits per heavy atom. The van der Waals surface area contributed by atoms with Gasteiger partial charge in [-0.05, 0) is 49.8 Å². The molecular formula is C21H20F3N3O4S. The van der Waals surface area contributed by atoms with Crippen molar-refractivity contribution in [3.8, 4) is 5.75 Å². The number of hydrogen-bond donors (Lipinski definition) is 1. The molecule has 1 heterocycles. The monoisotopic (exact) mass is 467 g/mol. The van der Waals surface area contributed by atoms with Crippen LogP contribution in [-0.4, -0.2) is 38.0 Å². The molecule has 2 aromatic carbocycles. The highest BCUT2D eigenvalue weighted by Crippen LogP contribution is 2.31. The molecule has 0 spiro atoms. The number of nitrogens with one attached hydrogen (secondary N) is 1. The molecule has 3 rings (SSSR count). The number of alkyl halides is 3. The summed E-state index contributed by atoms with van der Waals surface area (Å²) in [6.07, 6.45) is -3.31. The Labute approximate surface area is 183 Å². The highest BCUT2D eigenvalue weighted by Gasteiger charge is 2.33. The zero-order valence-electron chi connectivity index (χ0n) is 17.4. The first-order valence-electron chi connectivity index (χ1n) is 9.44. The van der Waals surface area contributed by atoms with Gasteiger partial charge in [-0.15, -0.1) is 4.40 Å². The molecule has 0 bridgehead atoms. The van der Waals surface area contributed by atoms with Gasteiger partial charge in [0.05, 0.1) is 18.4 Å². The van der Waals surface area contributed by atoms with Crippen LogP contribution in [0.3, 0.4) is 0 Å². The Morgan fingerprint density at radius 3 is 2.53 bits per heavy atom. The van der Waals surface area contributed by atoms with Crippen LogP contribution >= 0.6 is 0 Å². The van der Waals surface area contributed by atoms with E-state index in [2.05, 4.69) is 9.71 Å². The van der Waals surface area contributed by atoms with Crippen molar-refractivity contribution in [2.45, 2.75) is 20.0 Å². The molecule has 0 atom stereocenters. The maximum atomic E-state index is 13.0. The molecular weight excluding hydrogens is 447 g/mol. The number of likely N-dealkylation sites (N-methyl/N-ethyl adjacent to an activating group) is 1. The number of nitrogens with zero attached hydrogens (tertiary/aromatic N) is 2. The smallest absolute Gasteiger partial charge is 0.416 e. The number of hydrogen-bond acceptors (Lipinski definition) is 4. The van der Waals surface area contributed by atoms with Gasteiger partial charge in [0.2, 0.25) is 0 Å². The van der Waals surface area contributed by atoms with E-state index in [-0.39, 0.29) is 23.6 Å². The molecule has 0 fully saturated rings. The zero-order chi connectivity index (χ0) is 23.7. The van der Waals surface area contributed by atoms with Crippen LogP contribution in [0.4, 0.5) is 18.9 Å². The lowest BCUT2D eigenvalue weighted by molar-refractivity contribution is -0.137. The molecule has 0 aromatic heterocycles. The van der Waals surface area contributed by atoms with Gasteiger partial charge in [-0.2, -0.15) is 21.6 Å². The predicted octanol–water partition coefficient (Wildman–Crippen LogP) is 3.91. The maximum absolute atomic E-state index is 13.0. The first-order chi connectivity index (χ1) is 15.0. The molecule has 1 aliphatic rings. The summed E-state index contributed by atoms with van der Waals surface area (Å²) in [6.45, 7) is 3.22. The molecule has 7 nitrogen and oxygen atoms in total. The number of amides is 1. The van der Waals surface area contributed by atoms with E-state index in [1.165, 1.54) is 26.2 Å². The molecule has 1 amide bonds. The van der Waals surface area contributed by atoms with Gasteiger partial charge in [-0.1, -0.05) is 18.2 Å². The fourth-order valence-corrected chi connectivity index (χ4v) is 4.34. The van der Waals surface area contributed by atoms with Crippen LogP contribution in [0.25, 0.3) is 0 Å². The van der Waals surface area contributed by atoms with Crippen LogP contribution in [0.2, 0.25) is 0 Å². The van der Waals surface area contributed by atoms with Gasteiger partial charge < -0.3 is 10.1 Å². The normalized spacial score (nSPS) is 15.6. The van der Waals surface area contributed by atoms with Crippen LogP contribution in [0, 0.1) is 6.92 Å². The summed E-state index contributed by atoms with van der Waals surface area (Å²) >= 11 is 0. The SMILES string of the molecule is CCN1C(C(=O)Nc2cccc(C(F)(F)F)c2)=CC(c2ccc(C)c(OC)c2)=NS1(=O)=O. The van der Waals surface area contributed by atoms with Crippen molar-refractivity contribution in [1.29, 1.82) is 0 Å². The average Bonchev–Trinajstić information content (AvgIpc) is 2.72. The number of methoxy groups -OCH3 is 1. The molecule has 32 heavy (non-hydrogen) atoms. The van der Waals surface area contributed by atoms with Crippen molar-refractivity contribution in [2.24, 2.45) is 4.40 Å². The number of benzene rings is 2. The van der Waals surface area contributed by atoms with Gasteiger partial charge in [0, 0.05) is 17.8 Å². The van der Waals surface area contributed by atoms with E-state index in [9.17, 15) is 26.4 Å². The van der Waals surface area contributed by atoms with E-state index in [4.69, 9.17) is 4.74 Å². The first kappa shape index (κ1) is 23.3. The van der Waals surface area contributed by atoms with Crippen LogP contribution < -0.4 is 10.1 Å². The second kappa shape index (κ2) is 8.65. The lowest BCUT2D eigenvalue weighted by Gasteiger charge is -2.26. The summed E-state index contributed by atoms with van der Waals surface area (Å²) in [5.41, 5.74) is -0.118. The van der Waals surface area contributed by atoms with Gasteiger partial charge in [-0.25, -0.2) is 4.31 Å². The molecule has 0 unspecified atom stereocenters. The number of aryl methyl sites for hydroxylation is 1. The van der Waals surface area contributed by atoms with Crippen LogP contribution in [0.15, 0.2) is 58.6 Å². The van der Waals surface area contributed by atoms with Crippen LogP contribution in [-0.2, 0) is 21.2 Å². The van der Waals surface area contributed by atoms with E-state index < -0.39 is 27.9 Å². The van der Waals surface area contributed by atoms with E-state index in [0.29, 0.717) is 11.3 Å². The summed E-state index contributed by atoms with van der Waals surface area (Å²) in [7, 11) is -2.78. The van der Waals surface area contributed by atoms with Gasteiger partial charge in [0.15, 0.2) is 0 Å². The average molecular weight is 467 g/mol. The third kappa shape index (κ3) is 4.77. The van der Waals surface area contributed by atoms with Gasteiger partial charge in [-0.3, -0.25) is 4.79 Å². The quantitative estimate of drug-likeness (QED) is 0.722. The van der Waals surface area contributed by atoms with E-state index >= 15 is 0 Å². The fraction of sp³-hybridized carbons (Fsp3) is 0.238. The molecule has 1 aliphatic heterocycles. The molecule has 0 saturated heterocycles. The fourth-order valence-electron chi connectivity index (χ4n) is 3.12. The summed E-state index contributed by atoms with van der Waals surface area (Å²) in [4.78, 5) is 12.9. The van der Waals surface area contributed by atoms with Crippen LogP contribution in [0.1, 0.15) is 23.6 Å². The first-order valence-corrected chi connectivity index (χ1v) is 10.8. The van der Waals surface area contributed by atoms with Crippen molar-refractivity contribution in [2.75, 3.05) is 19.0 Å². The molecule has 170 valence electrons. The number of carbonyl (C=O) groups excluding carboxylic acids is 1. The lowest BCUT2D eigenvalue weighted by Crippen LogP contribution is -2.38. The lowest BCUT2D eigenvalue weighted by atomic mass is 10.1. The number of halogens is 3. The van der Waals surface area contributed by atoms with Crippen LogP contribution in [0.5, 0.6) is 5.75 Å². The maximum Gasteiger partial charge on any atom is 0.416 e. The number of anilines is 1. The largest absolute Gasteiger partial charge is 0.496 e. The second-order valence-corrected chi connectivity index (χ2v) is 8.38. The highest BCUT2D eigenvalue weighted by atomic mass is 32.2. The van der Waals surface area contributed by atoms with E-state index in [1.807, 2.05) is 6.92 Å². The third-order valence-corrected chi connectivity index (χ3v) is 6.15. The predicted molar refractivity (Wildman–Crippen MR) is 114 cm³/mol. The molecule has 2 aromatic rings. The Kier molecular flexibility index (Phi) is 6.31. The topological polar surface area (TPSA) is 88.1 Å². The van der Waals surface area contributed by atoms with E-state index in [1.54, 1.807) is 18.2 Å². The molecule has 0 radical (unpaired) electrons. The van der Waals surface area contributed by atoms with Crippen molar-refractivity contribution in [1.82, 2.24) is 4.31 Å². The van der Waals surface area contributed by atoms with Gasteiger partial charge in [0.25, 0.3) is 5.91 Å². The minimum absolute atomic E-state index is 0.00203. The Hall–Kier alpha value is -3.34. The summed E-state index contributed by atoms with van der Waals surface area (Å²) < 4.78 is 74.1. The minimum Gasteiger partial charge on any atom is -0.496 e. The highest BCUT2D eigenvalue weighted by molar-refractivity contribution is 7.88. The van der Waals surface area contributed by atoms with E-state index in [0.717, 1.165) is 28.1 Å². The number of carbonyl (C=O) groups is 1. The third-order valence-electron chi connectivity index (χ3n) is 4.71. The Balaban J connectivity index is 2.01. The number of ether oxygens (including phenoxy) is 1. The molecule has 0 saturated carbocycles. The van der Waals surface area contributed by atoms with Crippen molar-refractivity contribution in [3.05, 3.63) is 70.9 Å². The van der Waals surface area contributed by atoms with Crippen molar-refractivity contribution >= 4 is 27.5 Å². The van der Waals surface area contributed by atoms with Gasteiger partial charge >= 0.3 is 16.4 Å². The molecule has 11 heteroatoms. The summed E-state index contributed by atoms with van der Waals surface area (Å²) in [6, 6.07) is 9.00. The van der Waals surface area contributed by atoms with Crippen molar-refractivity contribution in [3.63, 3.8) is 0 Å². The summed E-state index contributed by atoms with van der Waals surface area (Å²) in [5.74, 6) is -0.384. The van der Waals surface area contributed by atoms with Crippen molar-refractivity contribution < 1.29 is 31.1 Å². The number of allylic oxidation sites excluding steroid dienone is 1. The van der Waals surface area contributed by atoms with Gasteiger partial charge in [0.1, 0.15) is 11.4 Å². The summed E-state index contributed by atoms with van der Waals surface area (Å²) in [5, 5.41) is 2.34. The number of rotatable bonds is 5. The minimum atomic E-state index is -4.59. The molecule has 1 N–H and O–H groups in total. The Morgan fingerprint density at radius 1 is 1.19 bits per heavy atom.